The predicted molar refractivity (Wildman–Crippen MR) is 56.2 cm³/mol. The van der Waals surface area contributed by atoms with Crippen molar-refractivity contribution in [2.75, 3.05) is 6.61 Å². The van der Waals surface area contributed by atoms with Crippen LogP contribution in [0.4, 0.5) is 0 Å². The fraction of sp³-hybridized carbons (Fsp3) is 1.00. The summed E-state index contributed by atoms with van der Waals surface area (Å²) >= 11 is 0. The summed E-state index contributed by atoms with van der Waals surface area (Å²) in [6, 6.07) is 1.42. The average molecular weight is 186 g/mol. The Labute approximate surface area is 78.8 Å². The lowest BCUT2D eigenvalue weighted by Gasteiger charge is -2.07. The molecule has 0 bridgehead atoms. The summed E-state index contributed by atoms with van der Waals surface area (Å²) < 4.78 is 5.21. The Bertz CT molecular complexity index is 52.8. The van der Waals surface area contributed by atoms with Gasteiger partial charge >= 0.3 is 0 Å². The molecule has 2 heteroatoms. The van der Waals surface area contributed by atoms with Crippen LogP contribution in [0.2, 0.25) is 6.04 Å². The van der Waals surface area contributed by atoms with Crippen molar-refractivity contribution in [2.45, 2.75) is 57.4 Å². The molecule has 1 heterocycles. The second-order valence-electron chi connectivity index (χ2n) is 3.79. The molecule has 0 aromatic heterocycles. The van der Waals surface area contributed by atoms with Gasteiger partial charge in [-0.3, -0.25) is 0 Å². The zero-order valence-corrected chi connectivity index (χ0v) is 9.60. The van der Waals surface area contributed by atoms with Gasteiger partial charge in [0.2, 0.25) is 0 Å². The molecule has 1 saturated heterocycles. The fourth-order valence-electron chi connectivity index (χ4n) is 1.75. The van der Waals surface area contributed by atoms with E-state index in [1.165, 1.54) is 57.4 Å². The van der Waals surface area contributed by atoms with Crippen LogP contribution in [-0.2, 0) is 4.43 Å². The van der Waals surface area contributed by atoms with Crippen LogP contribution in [0.1, 0.15) is 51.4 Å². The molecule has 1 nitrogen and oxygen atoms in total. The van der Waals surface area contributed by atoms with Gasteiger partial charge in [-0.1, -0.05) is 44.9 Å². The van der Waals surface area contributed by atoms with Crippen molar-refractivity contribution < 1.29 is 4.43 Å². The number of hydrogen-bond acceptors (Lipinski definition) is 1. The predicted octanol–water partition coefficient (Wildman–Crippen LogP) is 2.64. The van der Waals surface area contributed by atoms with Crippen molar-refractivity contribution in [1.29, 1.82) is 0 Å². The van der Waals surface area contributed by atoms with Crippen LogP contribution in [-0.4, -0.2) is 16.4 Å². The zero-order chi connectivity index (χ0) is 8.49. The minimum absolute atomic E-state index is 0.00849. The summed E-state index contributed by atoms with van der Waals surface area (Å²) in [4.78, 5) is 0. The molecule has 0 unspecified atom stereocenters. The molecule has 0 radical (unpaired) electrons. The van der Waals surface area contributed by atoms with Crippen LogP contribution in [0.5, 0.6) is 0 Å². The standard InChI is InChI=1S/C6H12.C4H10OSi/c2*1-2-4-6-5-3-1/h1-6H2;1-4,6H2. The van der Waals surface area contributed by atoms with Gasteiger partial charge in [-0.25, -0.2) is 0 Å². The van der Waals surface area contributed by atoms with Crippen LogP contribution in [0, 0.1) is 0 Å². The zero-order valence-electron chi connectivity index (χ0n) is 8.19. The Morgan fingerprint density at radius 1 is 0.667 bits per heavy atom. The van der Waals surface area contributed by atoms with Gasteiger partial charge in [-0.2, -0.15) is 0 Å². The molecule has 0 atom stereocenters. The molecule has 2 fully saturated rings. The van der Waals surface area contributed by atoms with E-state index in [1.54, 1.807) is 0 Å². The highest BCUT2D eigenvalue weighted by Gasteiger charge is 1.96. The minimum atomic E-state index is 0.00849. The van der Waals surface area contributed by atoms with Crippen LogP contribution in [0.25, 0.3) is 0 Å². The lowest BCUT2D eigenvalue weighted by Crippen LogP contribution is -2.06. The van der Waals surface area contributed by atoms with Gasteiger partial charge in [0.25, 0.3) is 0 Å². The summed E-state index contributed by atoms with van der Waals surface area (Å²) in [7, 11) is 0.00849. The maximum Gasteiger partial charge on any atom is 0.161 e. The van der Waals surface area contributed by atoms with Crippen molar-refractivity contribution in [1.82, 2.24) is 0 Å². The first-order valence-corrected chi connectivity index (χ1v) is 7.15. The van der Waals surface area contributed by atoms with Crippen molar-refractivity contribution in [3.63, 3.8) is 0 Å². The van der Waals surface area contributed by atoms with Crippen LogP contribution in [0.3, 0.4) is 0 Å². The average Bonchev–Trinajstić information content (AvgIpc) is 2.24. The van der Waals surface area contributed by atoms with Crippen LogP contribution >= 0.6 is 0 Å². The Balaban J connectivity index is 0.000000120. The van der Waals surface area contributed by atoms with Crippen molar-refractivity contribution in [3.05, 3.63) is 0 Å². The molecule has 0 amide bonds. The summed E-state index contributed by atoms with van der Waals surface area (Å²) in [5.74, 6) is 0. The van der Waals surface area contributed by atoms with E-state index in [4.69, 9.17) is 4.43 Å². The molecule has 0 aromatic carbocycles. The molecule has 2 rings (SSSR count). The van der Waals surface area contributed by atoms with Gasteiger partial charge < -0.3 is 4.43 Å². The van der Waals surface area contributed by atoms with E-state index in [-0.39, 0.29) is 9.76 Å². The van der Waals surface area contributed by atoms with Crippen LogP contribution in [0.15, 0.2) is 0 Å². The maximum absolute atomic E-state index is 5.21. The van der Waals surface area contributed by atoms with Crippen molar-refractivity contribution >= 4 is 9.76 Å². The second-order valence-corrected chi connectivity index (χ2v) is 5.32. The fourth-order valence-corrected chi connectivity index (χ4v) is 2.92. The normalized spacial score (nSPS) is 26.0. The van der Waals surface area contributed by atoms with E-state index in [9.17, 15) is 0 Å². The van der Waals surface area contributed by atoms with E-state index in [0.717, 1.165) is 6.61 Å². The molecular weight excluding hydrogens is 164 g/mol. The SMILES string of the molecule is C1CCCCC1.C1CC[SiH2]OC1. The highest BCUT2D eigenvalue weighted by Crippen LogP contribution is 2.15. The van der Waals surface area contributed by atoms with Crippen molar-refractivity contribution in [3.8, 4) is 0 Å². The Hall–Kier alpha value is 0.177. The first kappa shape index (κ1) is 10.3. The topological polar surface area (TPSA) is 9.23 Å². The molecule has 72 valence electrons. The van der Waals surface area contributed by atoms with Gasteiger partial charge in [0.15, 0.2) is 9.76 Å². The minimum Gasteiger partial charge on any atom is -0.424 e. The van der Waals surface area contributed by atoms with Gasteiger partial charge in [-0.05, 0) is 12.5 Å². The molecule has 1 saturated carbocycles. The third-order valence-corrected chi connectivity index (χ3v) is 3.94. The van der Waals surface area contributed by atoms with Crippen LogP contribution < -0.4 is 0 Å². The largest absolute Gasteiger partial charge is 0.424 e. The van der Waals surface area contributed by atoms with E-state index in [2.05, 4.69) is 0 Å². The summed E-state index contributed by atoms with van der Waals surface area (Å²) in [6.45, 7) is 1.06. The van der Waals surface area contributed by atoms with E-state index in [0.29, 0.717) is 0 Å². The quantitative estimate of drug-likeness (QED) is 0.529. The van der Waals surface area contributed by atoms with Crippen molar-refractivity contribution in [2.24, 2.45) is 0 Å². The lowest BCUT2D eigenvalue weighted by molar-refractivity contribution is 0.304. The number of hydrogen-bond donors (Lipinski definition) is 0. The lowest BCUT2D eigenvalue weighted by atomic mass is 10.0. The molecule has 0 aromatic rings. The monoisotopic (exact) mass is 186 g/mol. The molecule has 2 aliphatic rings. The molecule has 1 aliphatic heterocycles. The first-order chi connectivity index (χ1) is 6.00. The highest BCUT2D eigenvalue weighted by atomic mass is 28.2. The number of rotatable bonds is 0. The Morgan fingerprint density at radius 3 is 1.42 bits per heavy atom. The summed E-state index contributed by atoms with van der Waals surface area (Å²) in [6.07, 6.45) is 11.7. The van der Waals surface area contributed by atoms with E-state index >= 15 is 0 Å². The molecular formula is C10H22OSi. The molecule has 1 aliphatic carbocycles. The van der Waals surface area contributed by atoms with Gasteiger partial charge in [0.05, 0.1) is 0 Å². The third-order valence-electron chi connectivity index (χ3n) is 2.58. The van der Waals surface area contributed by atoms with E-state index in [1.807, 2.05) is 0 Å². The van der Waals surface area contributed by atoms with Gasteiger partial charge in [0.1, 0.15) is 0 Å². The molecule has 0 spiro atoms. The maximum atomic E-state index is 5.21. The second kappa shape index (κ2) is 7.81. The van der Waals surface area contributed by atoms with Gasteiger partial charge in [0, 0.05) is 6.61 Å². The molecule has 0 N–H and O–H groups in total. The third kappa shape index (κ3) is 5.78. The smallest absolute Gasteiger partial charge is 0.161 e. The molecule has 12 heavy (non-hydrogen) atoms. The summed E-state index contributed by atoms with van der Waals surface area (Å²) in [5, 5.41) is 0. The Morgan fingerprint density at radius 2 is 1.25 bits per heavy atom. The van der Waals surface area contributed by atoms with Gasteiger partial charge in [-0.15, -0.1) is 0 Å². The van der Waals surface area contributed by atoms with E-state index < -0.39 is 0 Å². The highest BCUT2D eigenvalue weighted by molar-refractivity contribution is 6.27. The summed E-state index contributed by atoms with van der Waals surface area (Å²) in [5.41, 5.74) is 0. The first-order valence-electron chi connectivity index (χ1n) is 5.58. The Kier molecular flexibility index (Phi) is 6.67.